The molecule has 1 aromatic carbocycles. The lowest BCUT2D eigenvalue weighted by Gasteiger charge is -2.17. The number of carbonyl (C=O) groups is 1. The number of nitrogens with two attached hydrogens (primary N) is 1. The Bertz CT molecular complexity index is 422. The number of hydrogen-bond acceptors (Lipinski definition) is 3. The molecule has 0 spiro atoms. The maximum absolute atomic E-state index is 12.1. The van der Waals surface area contributed by atoms with Crippen LogP contribution in [-0.4, -0.2) is 25.2 Å². The molecule has 1 fully saturated rings. The molecule has 3 N–H and O–H groups in total. The van der Waals surface area contributed by atoms with Crippen LogP contribution < -0.4 is 11.1 Å². The third-order valence-corrected chi connectivity index (χ3v) is 3.93. The third kappa shape index (κ3) is 3.81. The summed E-state index contributed by atoms with van der Waals surface area (Å²) in [5, 5.41) is 2.99. The molecule has 0 aromatic heterocycles. The van der Waals surface area contributed by atoms with Crippen molar-refractivity contribution in [2.24, 2.45) is 11.7 Å². The highest BCUT2D eigenvalue weighted by Crippen LogP contribution is 2.23. The third-order valence-electron chi connectivity index (χ3n) is 3.93. The molecule has 1 amide bonds. The van der Waals surface area contributed by atoms with E-state index in [2.05, 4.69) is 12.2 Å². The second kappa shape index (κ2) is 7.41. The first-order valence-corrected chi connectivity index (χ1v) is 7.42. The van der Waals surface area contributed by atoms with Crippen LogP contribution in [0.5, 0.6) is 0 Å². The van der Waals surface area contributed by atoms with Gasteiger partial charge in [-0.3, -0.25) is 4.79 Å². The number of ether oxygens (including phenoxy) is 1. The standard InChI is InChI=1S/C16H24N2O2/c1-2-15-13(9-11-20-15)16(19)18-10-8-14(17)12-6-4-3-5-7-12/h3-7,13-15H,2,8-11,17H2,1H3,(H,18,19). The van der Waals surface area contributed by atoms with Gasteiger partial charge in [-0.1, -0.05) is 37.3 Å². The first-order valence-electron chi connectivity index (χ1n) is 7.42. The van der Waals surface area contributed by atoms with Crippen LogP contribution in [0.4, 0.5) is 0 Å². The summed E-state index contributed by atoms with van der Waals surface area (Å²) in [6, 6.07) is 9.95. The van der Waals surface area contributed by atoms with Crippen molar-refractivity contribution in [1.82, 2.24) is 5.32 Å². The van der Waals surface area contributed by atoms with Crippen molar-refractivity contribution in [2.45, 2.75) is 38.3 Å². The van der Waals surface area contributed by atoms with E-state index in [1.54, 1.807) is 0 Å². The van der Waals surface area contributed by atoms with Gasteiger partial charge in [0.05, 0.1) is 12.0 Å². The van der Waals surface area contributed by atoms with Crippen molar-refractivity contribution in [3.05, 3.63) is 35.9 Å². The fourth-order valence-corrected chi connectivity index (χ4v) is 2.70. The number of nitrogens with one attached hydrogen (secondary N) is 1. The van der Waals surface area contributed by atoms with Gasteiger partial charge in [0.1, 0.15) is 0 Å². The van der Waals surface area contributed by atoms with Crippen LogP contribution in [0.25, 0.3) is 0 Å². The molecule has 4 nitrogen and oxygen atoms in total. The van der Waals surface area contributed by atoms with Gasteiger partial charge in [-0.2, -0.15) is 0 Å². The Labute approximate surface area is 120 Å². The first-order chi connectivity index (χ1) is 9.72. The summed E-state index contributed by atoms with van der Waals surface area (Å²) in [6.07, 6.45) is 2.55. The average molecular weight is 276 g/mol. The maximum Gasteiger partial charge on any atom is 0.225 e. The molecule has 0 bridgehead atoms. The Morgan fingerprint density at radius 1 is 1.45 bits per heavy atom. The lowest BCUT2D eigenvalue weighted by Crippen LogP contribution is -2.36. The number of hydrogen-bond donors (Lipinski definition) is 2. The van der Waals surface area contributed by atoms with E-state index in [9.17, 15) is 4.79 Å². The molecule has 1 aliphatic rings. The van der Waals surface area contributed by atoms with Crippen molar-refractivity contribution in [3.8, 4) is 0 Å². The molecular formula is C16H24N2O2. The van der Waals surface area contributed by atoms with E-state index in [1.807, 2.05) is 30.3 Å². The number of benzene rings is 1. The van der Waals surface area contributed by atoms with Crippen LogP contribution >= 0.6 is 0 Å². The van der Waals surface area contributed by atoms with Crippen LogP contribution in [-0.2, 0) is 9.53 Å². The molecule has 4 heteroatoms. The number of carbonyl (C=O) groups excluding carboxylic acids is 1. The fourth-order valence-electron chi connectivity index (χ4n) is 2.70. The highest BCUT2D eigenvalue weighted by atomic mass is 16.5. The largest absolute Gasteiger partial charge is 0.377 e. The average Bonchev–Trinajstić information content (AvgIpc) is 2.96. The highest BCUT2D eigenvalue weighted by molar-refractivity contribution is 5.79. The van der Waals surface area contributed by atoms with Gasteiger partial charge in [0.2, 0.25) is 5.91 Å². The van der Waals surface area contributed by atoms with Gasteiger partial charge in [-0.05, 0) is 24.8 Å². The zero-order chi connectivity index (χ0) is 14.4. The van der Waals surface area contributed by atoms with E-state index in [1.165, 1.54) is 0 Å². The molecule has 0 radical (unpaired) electrons. The van der Waals surface area contributed by atoms with Crippen LogP contribution in [0.3, 0.4) is 0 Å². The van der Waals surface area contributed by atoms with E-state index in [0.29, 0.717) is 13.2 Å². The minimum absolute atomic E-state index is 0.00736. The molecule has 2 rings (SSSR count). The van der Waals surface area contributed by atoms with E-state index in [0.717, 1.165) is 24.8 Å². The van der Waals surface area contributed by atoms with Gasteiger partial charge < -0.3 is 15.8 Å². The predicted octanol–water partition coefficient (Wildman–Crippen LogP) is 2.01. The maximum atomic E-state index is 12.1. The molecule has 1 aliphatic heterocycles. The van der Waals surface area contributed by atoms with Crippen LogP contribution in [0.1, 0.15) is 37.8 Å². The Balaban J connectivity index is 1.74. The minimum Gasteiger partial charge on any atom is -0.377 e. The van der Waals surface area contributed by atoms with Crippen molar-refractivity contribution >= 4 is 5.91 Å². The highest BCUT2D eigenvalue weighted by Gasteiger charge is 2.32. The number of rotatable bonds is 6. The van der Waals surface area contributed by atoms with Crippen molar-refractivity contribution in [2.75, 3.05) is 13.2 Å². The molecule has 3 atom stereocenters. The van der Waals surface area contributed by atoms with Gasteiger partial charge in [0.25, 0.3) is 0 Å². The van der Waals surface area contributed by atoms with Gasteiger partial charge in [0.15, 0.2) is 0 Å². The van der Waals surface area contributed by atoms with Crippen LogP contribution in [0, 0.1) is 5.92 Å². The minimum atomic E-state index is -0.0294. The summed E-state index contributed by atoms with van der Waals surface area (Å²) in [6.45, 7) is 3.36. The van der Waals surface area contributed by atoms with Crippen LogP contribution in [0.2, 0.25) is 0 Å². The van der Waals surface area contributed by atoms with Gasteiger partial charge in [-0.15, -0.1) is 0 Å². The summed E-state index contributed by atoms with van der Waals surface area (Å²) in [4.78, 5) is 12.1. The van der Waals surface area contributed by atoms with Crippen LogP contribution in [0.15, 0.2) is 30.3 Å². The monoisotopic (exact) mass is 276 g/mol. The molecule has 110 valence electrons. The van der Waals surface area contributed by atoms with E-state index in [-0.39, 0.29) is 24.0 Å². The van der Waals surface area contributed by atoms with Gasteiger partial charge in [0, 0.05) is 19.2 Å². The summed E-state index contributed by atoms with van der Waals surface area (Å²) in [5.74, 6) is 0.113. The van der Waals surface area contributed by atoms with Crippen molar-refractivity contribution < 1.29 is 9.53 Å². The molecule has 0 saturated carbocycles. The van der Waals surface area contributed by atoms with Crippen molar-refractivity contribution in [1.29, 1.82) is 0 Å². The second-order valence-corrected chi connectivity index (χ2v) is 5.31. The fraction of sp³-hybridized carbons (Fsp3) is 0.562. The molecule has 0 aliphatic carbocycles. The zero-order valence-corrected chi connectivity index (χ0v) is 12.0. The predicted molar refractivity (Wildman–Crippen MR) is 79.1 cm³/mol. The topological polar surface area (TPSA) is 64.3 Å². The molecule has 3 unspecified atom stereocenters. The van der Waals surface area contributed by atoms with Gasteiger partial charge in [-0.25, -0.2) is 0 Å². The van der Waals surface area contributed by atoms with E-state index in [4.69, 9.17) is 10.5 Å². The summed E-state index contributed by atoms with van der Waals surface area (Å²) < 4.78 is 5.55. The van der Waals surface area contributed by atoms with E-state index < -0.39 is 0 Å². The zero-order valence-electron chi connectivity index (χ0n) is 12.0. The number of amides is 1. The first kappa shape index (κ1) is 15.0. The normalized spacial score (nSPS) is 23.5. The summed E-state index contributed by atoms with van der Waals surface area (Å²) in [5.41, 5.74) is 7.22. The lowest BCUT2D eigenvalue weighted by molar-refractivity contribution is -0.126. The molecular weight excluding hydrogens is 252 g/mol. The summed E-state index contributed by atoms with van der Waals surface area (Å²) >= 11 is 0. The van der Waals surface area contributed by atoms with E-state index >= 15 is 0 Å². The molecule has 1 aromatic rings. The second-order valence-electron chi connectivity index (χ2n) is 5.31. The quantitative estimate of drug-likeness (QED) is 0.835. The molecule has 1 saturated heterocycles. The van der Waals surface area contributed by atoms with Crippen molar-refractivity contribution in [3.63, 3.8) is 0 Å². The lowest BCUT2D eigenvalue weighted by atomic mass is 9.98. The smallest absolute Gasteiger partial charge is 0.225 e. The Morgan fingerprint density at radius 2 is 2.20 bits per heavy atom. The SMILES string of the molecule is CCC1OCCC1C(=O)NCCC(N)c1ccccc1. The Kier molecular flexibility index (Phi) is 5.56. The van der Waals surface area contributed by atoms with Gasteiger partial charge >= 0.3 is 0 Å². The summed E-state index contributed by atoms with van der Waals surface area (Å²) in [7, 11) is 0. The molecule has 1 heterocycles. The Morgan fingerprint density at radius 3 is 2.90 bits per heavy atom. The Hall–Kier alpha value is -1.39. The molecule has 20 heavy (non-hydrogen) atoms.